The van der Waals surface area contributed by atoms with Gasteiger partial charge in [0.05, 0.1) is 24.0 Å². The Morgan fingerprint density at radius 2 is 1.97 bits per heavy atom. The van der Waals surface area contributed by atoms with E-state index in [1.807, 2.05) is 43.3 Å². The number of benzene rings is 1. The first-order chi connectivity index (χ1) is 14.7. The largest absolute Gasteiger partial charge is 0.378 e. The number of nitrogens with zero attached hydrogens (tertiary/aromatic N) is 6. The first-order valence-corrected chi connectivity index (χ1v) is 10.3. The molecule has 1 aromatic carbocycles. The molecule has 0 N–H and O–H groups in total. The van der Waals surface area contributed by atoms with Crippen molar-refractivity contribution < 1.29 is 14.4 Å². The van der Waals surface area contributed by atoms with Gasteiger partial charge in [-0.25, -0.2) is 0 Å². The zero-order chi connectivity index (χ0) is 22.3. The van der Waals surface area contributed by atoms with Crippen LogP contribution in [0.2, 0.25) is 0 Å². The third-order valence-electron chi connectivity index (χ3n) is 6.23. The zero-order valence-corrected chi connectivity index (χ0v) is 18.4. The summed E-state index contributed by atoms with van der Waals surface area (Å²) in [7, 11) is 5.67. The molecule has 1 aromatic heterocycles. The molecule has 2 aromatic rings. The van der Waals surface area contributed by atoms with Crippen molar-refractivity contribution in [3.8, 4) is 0 Å². The van der Waals surface area contributed by atoms with Crippen molar-refractivity contribution in [2.75, 3.05) is 50.1 Å². The van der Waals surface area contributed by atoms with Crippen LogP contribution in [0.5, 0.6) is 0 Å². The SMILES string of the molecule is CC(=O)N1CC(=O)N(c2cnn(C)c2)C[C@@]12CCN(C(=O)c1cccc(N(C)C)c1)C2. The van der Waals surface area contributed by atoms with Crippen molar-refractivity contribution in [2.45, 2.75) is 18.9 Å². The van der Waals surface area contributed by atoms with Crippen molar-refractivity contribution in [2.24, 2.45) is 7.05 Å². The number of aryl methyl sites for hydroxylation is 1. The highest BCUT2D eigenvalue weighted by Gasteiger charge is 2.51. The van der Waals surface area contributed by atoms with Gasteiger partial charge >= 0.3 is 0 Å². The molecule has 1 spiro atoms. The summed E-state index contributed by atoms with van der Waals surface area (Å²) < 4.78 is 1.65. The molecule has 2 aliphatic heterocycles. The Balaban J connectivity index is 1.60. The van der Waals surface area contributed by atoms with E-state index in [1.165, 1.54) is 6.92 Å². The lowest BCUT2D eigenvalue weighted by Crippen LogP contribution is -2.67. The van der Waals surface area contributed by atoms with Crippen LogP contribution in [0, 0.1) is 0 Å². The van der Waals surface area contributed by atoms with E-state index in [2.05, 4.69) is 5.10 Å². The number of hydrogen-bond donors (Lipinski definition) is 0. The van der Waals surface area contributed by atoms with E-state index >= 15 is 0 Å². The summed E-state index contributed by atoms with van der Waals surface area (Å²) in [4.78, 5) is 45.6. The van der Waals surface area contributed by atoms with Gasteiger partial charge in [0.1, 0.15) is 6.54 Å². The summed E-state index contributed by atoms with van der Waals surface area (Å²) in [6.07, 6.45) is 4.06. The van der Waals surface area contributed by atoms with Gasteiger partial charge in [-0.3, -0.25) is 19.1 Å². The molecular weight excluding hydrogens is 396 g/mol. The molecule has 2 saturated heterocycles. The Morgan fingerprint density at radius 3 is 2.61 bits per heavy atom. The fraction of sp³-hybridized carbons (Fsp3) is 0.455. The van der Waals surface area contributed by atoms with Gasteiger partial charge in [-0.1, -0.05) is 6.07 Å². The van der Waals surface area contributed by atoms with Crippen molar-refractivity contribution in [3.63, 3.8) is 0 Å². The lowest BCUT2D eigenvalue weighted by atomic mass is 9.92. The molecule has 3 heterocycles. The Kier molecular flexibility index (Phi) is 5.20. The predicted octanol–water partition coefficient (Wildman–Crippen LogP) is 0.966. The quantitative estimate of drug-likeness (QED) is 0.733. The van der Waals surface area contributed by atoms with Crippen molar-refractivity contribution in [1.29, 1.82) is 0 Å². The Labute approximate surface area is 181 Å². The number of piperazine rings is 1. The maximum atomic E-state index is 13.3. The third-order valence-corrected chi connectivity index (χ3v) is 6.23. The molecule has 3 amide bonds. The maximum absolute atomic E-state index is 13.3. The predicted molar refractivity (Wildman–Crippen MR) is 117 cm³/mol. The fourth-order valence-electron chi connectivity index (χ4n) is 4.56. The monoisotopic (exact) mass is 424 g/mol. The van der Waals surface area contributed by atoms with Gasteiger partial charge in [0, 0.05) is 58.6 Å². The van der Waals surface area contributed by atoms with Crippen LogP contribution in [0.3, 0.4) is 0 Å². The van der Waals surface area contributed by atoms with E-state index in [1.54, 1.807) is 38.8 Å². The minimum atomic E-state index is -0.607. The zero-order valence-electron chi connectivity index (χ0n) is 18.4. The second-order valence-electron chi connectivity index (χ2n) is 8.60. The number of carbonyl (C=O) groups is 3. The molecule has 1 atom stereocenters. The molecule has 164 valence electrons. The summed E-state index contributed by atoms with van der Waals surface area (Å²) in [5.41, 5.74) is 1.67. The third kappa shape index (κ3) is 3.75. The first-order valence-electron chi connectivity index (χ1n) is 10.3. The highest BCUT2D eigenvalue weighted by Crippen LogP contribution is 2.35. The van der Waals surface area contributed by atoms with Crippen LogP contribution in [-0.2, 0) is 16.6 Å². The molecule has 0 radical (unpaired) electrons. The fourth-order valence-corrected chi connectivity index (χ4v) is 4.56. The van der Waals surface area contributed by atoms with E-state index in [0.29, 0.717) is 37.3 Å². The highest BCUT2D eigenvalue weighted by molar-refractivity contribution is 5.99. The van der Waals surface area contributed by atoms with E-state index in [4.69, 9.17) is 0 Å². The summed E-state index contributed by atoms with van der Waals surface area (Å²) >= 11 is 0. The highest BCUT2D eigenvalue weighted by atomic mass is 16.2. The van der Waals surface area contributed by atoms with Crippen molar-refractivity contribution in [1.82, 2.24) is 19.6 Å². The van der Waals surface area contributed by atoms with Crippen molar-refractivity contribution >= 4 is 29.1 Å². The summed E-state index contributed by atoms with van der Waals surface area (Å²) in [6, 6.07) is 7.52. The smallest absolute Gasteiger partial charge is 0.254 e. The lowest BCUT2D eigenvalue weighted by Gasteiger charge is -2.47. The number of likely N-dealkylation sites (tertiary alicyclic amines) is 1. The Hall–Kier alpha value is -3.36. The van der Waals surface area contributed by atoms with Crippen LogP contribution in [0.25, 0.3) is 0 Å². The Morgan fingerprint density at radius 1 is 1.19 bits per heavy atom. The van der Waals surface area contributed by atoms with Crippen LogP contribution in [0.1, 0.15) is 23.7 Å². The summed E-state index contributed by atoms with van der Waals surface area (Å²) in [5.74, 6) is -0.353. The molecule has 0 unspecified atom stereocenters. The van der Waals surface area contributed by atoms with Gasteiger partial charge in [0.2, 0.25) is 11.8 Å². The second-order valence-corrected chi connectivity index (χ2v) is 8.60. The van der Waals surface area contributed by atoms with E-state index in [-0.39, 0.29) is 24.3 Å². The maximum Gasteiger partial charge on any atom is 0.254 e. The molecule has 2 fully saturated rings. The second kappa shape index (κ2) is 7.72. The van der Waals surface area contributed by atoms with Crippen LogP contribution >= 0.6 is 0 Å². The number of amides is 3. The molecule has 0 saturated carbocycles. The normalized spacial score (nSPS) is 21.2. The average molecular weight is 425 g/mol. The molecular formula is C22H28N6O3. The summed E-state index contributed by atoms with van der Waals surface area (Å²) in [5, 5.41) is 4.17. The van der Waals surface area contributed by atoms with Gasteiger partial charge in [0.15, 0.2) is 0 Å². The van der Waals surface area contributed by atoms with Gasteiger partial charge in [-0.05, 0) is 24.6 Å². The molecule has 9 heteroatoms. The van der Waals surface area contributed by atoms with Gasteiger partial charge in [-0.15, -0.1) is 0 Å². The molecule has 9 nitrogen and oxygen atoms in total. The number of rotatable bonds is 3. The van der Waals surface area contributed by atoms with Crippen LogP contribution in [-0.4, -0.2) is 83.1 Å². The van der Waals surface area contributed by atoms with E-state index < -0.39 is 5.54 Å². The topological polar surface area (TPSA) is 82.0 Å². The number of hydrogen-bond acceptors (Lipinski definition) is 5. The van der Waals surface area contributed by atoms with E-state index in [9.17, 15) is 14.4 Å². The van der Waals surface area contributed by atoms with Gasteiger partial charge in [0.25, 0.3) is 5.91 Å². The van der Waals surface area contributed by atoms with Crippen molar-refractivity contribution in [3.05, 3.63) is 42.2 Å². The van der Waals surface area contributed by atoms with Crippen LogP contribution in [0.15, 0.2) is 36.7 Å². The molecule has 4 rings (SSSR count). The summed E-state index contributed by atoms with van der Waals surface area (Å²) in [6.45, 7) is 2.76. The molecule has 2 aliphatic rings. The number of carbonyl (C=O) groups excluding carboxylic acids is 3. The van der Waals surface area contributed by atoms with Gasteiger partial charge < -0.3 is 19.6 Å². The number of aromatic nitrogens is 2. The molecule has 0 bridgehead atoms. The molecule has 31 heavy (non-hydrogen) atoms. The minimum Gasteiger partial charge on any atom is -0.378 e. The lowest BCUT2D eigenvalue weighted by molar-refractivity contribution is -0.142. The van der Waals surface area contributed by atoms with Crippen LogP contribution in [0.4, 0.5) is 11.4 Å². The standard InChI is InChI=1S/C22H28N6O3/c1-16(29)28-13-20(30)27(19-11-23-25(4)12-19)15-22(28)8-9-26(14-22)21(31)17-6-5-7-18(10-17)24(2)3/h5-7,10-12H,8-9,13-15H2,1-4H3/t22-/m0/s1. The van der Waals surface area contributed by atoms with E-state index in [0.717, 1.165) is 5.69 Å². The van der Waals surface area contributed by atoms with Gasteiger partial charge in [-0.2, -0.15) is 5.10 Å². The molecule has 0 aliphatic carbocycles. The Bertz CT molecular complexity index is 1030. The number of anilines is 2. The minimum absolute atomic E-state index is 0.00235. The average Bonchev–Trinajstić information content (AvgIpc) is 3.36. The van der Waals surface area contributed by atoms with Crippen LogP contribution < -0.4 is 9.80 Å². The first kappa shape index (κ1) is 20.9.